The van der Waals surface area contributed by atoms with Crippen LogP contribution in [0.3, 0.4) is 0 Å². The van der Waals surface area contributed by atoms with Crippen molar-refractivity contribution in [3.05, 3.63) is 47.8 Å². The van der Waals surface area contributed by atoms with Gasteiger partial charge in [-0.1, -0.05) is 6.07 Å². The van der Waals surface area contributed by atoms with Crippen molar-refractivity contribution in [2.75, 3.05) is 54.2 Å². The molecular formula is C21H27N3O5. The summed E-state index contributed by atoms with van der Waals surface area (Å²) < 4.78 is 21.5. The largest absolute Gasteiger partial charge is 0.493 e. The monoisotopic (exact) mass is 401 g/mol. The molecule has 1 fully saturated rings. The molecule has 1 saturated heterocycles. The number of nitrogens with zero attached hydrogens (tertiary/aromatic N) is 2. The Labute approximate surface area is 170 Å². The Hall–Kier alpha value is -2.84. The highest BCUT2D eigenvalue weighted by Crippen LogP contribution is 2.38. The number of pyridine rings is 1. The van der Waals surface area contributed by atoms with E-state index in [1.54, 1.807) is 18.3 Å². The lowest BCUT2D eigenvalue weighted by Gasteiger charge is -2.34. The molecule has 8 heteroatoms. The van der Waals surface area contributed by atoms with Gasteiger partial charge in [-0.05, 0) is 23.8 Å². The van der Waals surface area contributed by atoms with Crippen molar-refractivity contribution in [3.8, 4) is 17.2 Å². The Kier molecular flexibility index (Phi) is 7.26. The van der Waals surface area contributed by atoms with Gasteiger partial charge < -0.3 is 24.3 Å². The summed E-state index contributed by atoms with van der Waals surface area (Å²) in [6.45, 7) is 3.41. The minimum atomic E-state index is -0.216. The first-order valence-electron chi connectivity index (χ1n) is 9.47. The molecule has 8 nitrogen and oxygen atoms in total. The molecule has 29 heavy (non-hydrogen) atoms. The predicted octanol–water partition coefficient (Wildman–Crippen LogP) is 1.91. The third kappa shape index (κ3) is 4.96. The van der Waals surface area contributed by atoms with E-state index in [9.17, 15) is 4.79 Å². The van der Waals surface area contributed by atoms with Crippen molar-refractivity contribution in [2.24, 2.45) is 0 Å². The summed E-state index contributed by atoms with van der Waals surface area (Å²) in [7, 11) is 4.58. The maximum Gasteiger partial charge on any atom is 0.251 e. The molecule has 0 unspecified atom stereocenters. The summed E-state index contributed by atoms with van der Waals surface area (Å²) in [6.07, 6.45) is 3.58. The van der Waals surface area contributed by atoms with Crippen molar-refractivity contribution in [2.45, 2.75) is 6.04 Å². The van der Waals surface area contributed by atoms with E-state index in [4.69, 9.17) is 18.9 Å². The number of methoxy groups -OCH3 is 3. The molecule has 0 radical (unpaired) electrons. The maximum absolute atomic E-state index is 12.9. The van der Waals surface area contributed by atoms with Crippen LogP contribution in [0.25, 0.3) is 0 Å². The Morgan fingerprint density at radius 2 is 1.86 bits per heavy atom. The van der Waals surface area contributed by atoms with Gasteiger partial charge in [0.05, 0.1) is 40.6 Å². The number of aromatic nitrogens is 1. The molecule has 1 aliphatic heterocycles. The second-order valence-corrected chi connectivity index (χ2v) is 6.57. The Morgan fingerprint density at radius 1 is 1.17 bits per heavy atom. The number of carbonyl (C=O) groups is 1. The van der Waals surface area contributed by atoms with Crippen LogP contribution in [-0.2, 0) is 4.74 Å². The Bertz CT molecular complexity index is 784. The minimum absolute atomic E-state index is 0.0126. The smallest absolute Gasteiger partial charge is 0.251 e. The molecule has 1 atom stereocenters. The average molecular weight is 401 g/mol. The molecule has 2 heterocycles. The third-order valence-electron chi connectivity index (χ3n) is 4.94. The van der Waals surface area contributed by atoms with Gasteiger partial charge in [0.25, 0.3) is 5.91 Å². The van der Waals surface area contributed by atoms with Crippen LogP contribution in [0, 0.1) is 0 Å². The topological polar surface area (TPSA) is 82.2 Å². The standard InChI is InChI=1S/C21H27N3O5/c1-26-18-11-16(12-19(27-2)20(18)28-3)21(25)23-14-17(15-5-4-6-22-13-15)24-7-9-29-10-8-24/h4-6,11-13,17H,7-10,14H2,1-3H3,(H,23,25)/t17-/m0/s1. The quantitative estimate of drug-likeness (QED) is 0.724. The number of amides is 1. The zero-order valence-electron chi connectivity index (χ0n) is 17.0. The molecule has 3 rings (SSSR count). The lowest BCUT2D eigenvalue weighted by atomic mass is 10.1. The van der Waals surface area contributed by atoms with E-state index in [0.717, 1.165) is 18.7 Å². The zero-order chi connectivity index (χ0) is 20.6. The van der Waals surface area contributed by atoms with Crippen LogP contribution < -0.4 is 19.5 Å². The zero-order valence-corrected chi connectivity index (χ0v) is 17.0. The molecule has 1 aromatic heterocycles. The summed E-state index contributed by atoms with van der Waals surface area (Å²) in [5.74, 6) is 1.11. The van der Waals surface area contributed by atoms with Crippen LogP contribution in [0.4, 0.5) is 0 Å². The predicted molar refractivity (Wildman–Crippen MR) is 108 cm³/mol. The van der Waals surface area contributed by atoms with E-state index >= 15 is 0 Å². The van der Waals surface area contributed by atoms with Crippen molar-refractivity contribution < 1.29 is 23.7 Å². The summed E-state index contributed by atoms with van der Waals surface area (Å²) in [5.41, 5.74) is 1.49. The highest BCUT2D eigenvalue weighted by Gasteiger charge is 2.24. The molecule has 0 saturated carbocycles. The fourth-order valence-electron chi connectivity index (χ4n) is 3.42. The molecule has 0 spiro atoms. The minimum Gasteiger partial charge on any atom is -0.493 e. The first kappa shape index (κ1) is 20.9. The van der Waals surface area contributed by atoms with Crippen LogP contribution in [0.1, 0.15) is 22.0 Å². The summed E-state index contributed by atoms with van der Waals surface area (Å²) >= 11 is 0. The van der Waals surface area contributed by atoms with E-state index < -0.39 is 0 Å². The Morgan fingerprint density at radius 3 is 2.41 bits per heavy atom. The van der Waals surface area contributed by atoms with Gasteiger partial charge in [-0.25, -0.2) is 0 Å². The SMILES string of the molecule is COc1cc(C(=O)NC[C@@H](c2cccnc2)N2CCOCC2)cc(OC)c1OC. The van der Waals surface area contributed by atoms with Crippen LogP contribution in [0.5, 0.6) is 17.2 Å². The average Bonchev–Trinajstić information content (AvgIpc) is 2.79. The third-order valence-corrected chi connectivity index (χ3v) is 4.94. The van der Waals surface area contributed by atoms with Gasteiger partial charge in [-0.3, -0.25) is 14.7 Å². The van der Waals surface area contributed by atoms with Crippen molar-refractivity contribution in [3.63, 3.8) is 0 Å². The molecule has 1 aliphatic rings. The highest BCUT2D eigenvalue weighted by molar-refractivity contribution is 5.95. The Balaban J connectivity index is 1.78. The van der Waals surface area contributed by atoms with Crippen molar-refractivity contribution >= 4 is 5.91 Å². The molecule has 0 bridgehead atoms. The van der Waals surface area contributed by atoms with Crippen molar-refractivity contribution in [1.82, 2.24) is 15.2 Å². The highest BCUT2D eigenvalue weighted by atomic mass is 16.5. The first-order chi connectivity index (χ1) is 14.2. The van der Waals surface area contributed by atoms with Gasteiger partial charge in [-0.15, -0.1) is 0 Å². The fraction of sp³-hybridized carbons (Fsp3) is 0.429. The maximum atomic E-state index is 12.9. The van der Waals surface area contributed by atoms with Crippen molar-refractivity contribution in [1.29, 1.82) is 0 Å². The number of morpholine rings is 1. The van der Waals surface area contributed by atoms with Crippen LogP contribution >= 0.6 is 0 Å². The number of nitrogens with one attached hydrogen (secondary N) is 1. The second kappa shape index (κ2) is 10.1. The van der Waals surface area contributed by atoms with E-state index in [1.807, 2.05) is 18.3 Å². The lowest BCUT2D eigenvalue weighted by Crippen LogP contribution is -2.43. The number of rotatable bonds is 8. The van der Waals surface area contributed by atoms with Gasteiger partial charge in [-0.2, -0.15) is 0 Å². The van der Waals surface area contributed by atoms with Gasteiger partial charge in [0.1, 0.15) is 0 Å². The second-order valence-electron chi connectivity index (χ2n) is 6.57. The summed E-state index contributed by atoms with van der Waals surface area (Å²) in [5, 5.41) is 3.03. The van der Waals surface area contributed by atoms with Gasteiger partial charge in [0.2, 0.25) is 5.75 Å². The van der Waals surface area contributed by atoms with Crippen LogP contribution in [0.2, 0.25) is 0 Å². The first-order valence-corrected chi connectivity index (χ1v) is 9.47. The van der Waals surface area contributed by atoms with Crippen LogP contribution in [-0.4, -0.2) is 70.0 Å². The molecule has 156 valence electrons. The lowest BCUT2D eigenvalue weighted by molar-refractivity contribution is 0.0161. The molecule has 0 aliphatic carbocycles. The molecular weight excluding hydrogens is 374 g/mol. The van der Waals surface area contributed by atoms with E-state index in [1.165, 1.54) is 21.3 Å². The van der Waals surface area contributed by atoms with E-state index in [2.05, 4.69) is 15.2 Å². The normalized spacial score (nSPS) is 15.4. The van der Waals surface area contributed by atoms with Gasteiger partial charge >= 0.3 is 0 Å². The number of hydrogen-bond donors (Lipinski definition) is 1. The molecule has 1 amide bonds. The number of ether oxygens (including phenoxy) is 4. The molecule has 1 N–H and O–H groups in total. The number of benzene rings is 1. The van der Waals surface area contributed by atoms with Gasteiger partial charge in [0, 0.05) is 37.6 Å². The number of hydrogen-bond acceptors (Lipinski definition) is 7. The molecule has 1 aromatic carbocycles. The fourth-order valence-corrected chi connectivity index (χ4v) is 3.42. The summed E-state index contributed by atoms with van der Waals surface area (Å²) in [6, 6.07) is 7.23. The van der Waals surface area contributed by atoms with Crippen LogP contribution in [0.15, 0.2) is 36.7 Å². The van der Waals surface area contributed by atoms with Gasteiger partial charge in [0.15, 0.2) is 11.5 Å². The summed E-state index contributed by atoms with van der Waals surface area (Å²) in [4.78, 5) is 19.4. The van der Waals surface area contributed by atoms with E-state index in [-0.39, 0.29) is 11.9 Å². The molecule has 2 aromatic rings. The number of carbonyl (C=O) groups excluding carboxylic acids is 1. The van der Waals surface area contributed by atoms with E-state index in [0.29, 0.717) is 42.6 Å².